The minimum absolute atomic E-state index is 0.141. The van der Waals surface area contributed by atoms with Crippen LogP contribution in [0.15, 0.2) is 18.2 Å². The molecule has 1 N–H and O–H groups in total. The van der Waals surface area contributed by atoms with Gasteiger partial charge < -0.3 is 10.0 Å². The first-order valence-corrected chi connectivity index (χ1v) is 6.84. The van der Waals surface area contributed by atoms with Gasteiger partial charge in [-0.05, 0) is 31.7 Å². The Hall–Kier alpha value is -1.30. The van der Waals surface area contributed by atoms with Crippen LogP contribution in [0, 0.1) is 0 Å². The molecule has 0 bridgehead atoms. The van der Waals surface area contributed by atoms with Crippen LogP contribution < -0.4 is 4.90 Å². The molecule has 1 aliphatic heterocycles. The van der Waals surface area contributed by atoms with E-state index in [0.29, 0.717) is 28.7 Å². The van der Waals surface area contributed by atoms with Crippen LogP contribution >= 0.6 is 23.2 Å². The van der Waals surface area contributed by atoms with Gasteiger partial charge in [0, 0.05) is 11.6 Å². The van der Waals surface area contributed by atoms with E-state index in [9.17, 15) is 9.59 Å². The normalized spacial score (nSPS) is 18.9. The van der Waals surface area contributed by atoms with E-state index in [1.807, 2.05) is 0 Å². The van der Waals surface area contributed by atoms with E-state index < -0.39 is 12.0 Å². The molecular formula is C13H14Cl2N2O3. The Balaban J connectivity index is 2.17. The largest absolute Gasteiger partial charge is 0.480 e. The summed E-state index contributed by atoms with van der Waals surface area (Å²) < 4.78 is 0. The van der Waals surface area contributed by atoms with Gasteiger partial charge in [-0.2, -0.15) is 0 Å². The van der Waals surface area contributed by atoms with E-state index in [-0.39, 0.29) is 12.5 Å². The summed E-state index contributed by atoms with van der Waals surface area (Å²) in [7, 11) is 1.63. The van der Waals surface area contributed by atoms with Gasteiger partial charge in [0.15, 0.2) is 0 Å². The molecule has 1 aromatic rings. The lowest BCUT2D eigenvalue weighted by atomic mass is 10.2. The number of carboxylic acid groups (broad SMARTS) is 1. The highest BCUT2D eigenvalue weighted by Crippen LogP contribution is 2.32. The Kier molecular flexibility index (Phi) is 4.52. The van der Waals surface area contributed by atoms with Crippen LogP contribution in [0.1, 0.15) is 6.42 Å². The number of halogens is 2. The molecule has 0 spiro atoms. The average molecular weight is 317 g/mol. The van der Waals surface area contributed by atoms with Crippen LogP contribution in [0.3, 0.4) is 0 Å². The first kappa shape index (κ1) is 15.1. The first-order valence-electron chi connectivity index (χ1n) is 6.08. The topological polar surface area (TPSA) is 60.9 Å². The monoisotopic (exact) mass is 316 g/mol. The summed E-state index contributed by atoms with van der Waals surface area (Å²) in [5.74, 6) is -1.10. The summed E-state index contributed by atoms with van der Waals surface area (Å²) in [6, 6.07) is 4.52. The zero-order chi connectivity index (χ0) is 14.9. The third kappa shape index (κ3) is 3.06. The number of carbonyl (C=O) groups excluding carboxylic acids is 1. The van der Waals surface area contributed by atoms with E-state index in [1.165, 1.54) is 4.90 Å². The fourth-order valence-corrected chi connectivity index (χ4v) is 2.85. The Morgan fingerprint density at radius 2 is 2.20 bits per heavy atom. The lowest BCUT2D eigenvalue weighted by molar-refractivity contribution is -0.138. The van der Waals surface area contributed by atoms with Gasteiger partial charge in [-0.1, -0.05) is 23.2 Å². The Morgan fingerprint density at radius 3 is 2.80 bits per heavy atom. The van der Waals surface area contributed by atoms with Crippen molar-refractivity contribution in [3.05, 3.63) is 28.2 Å². The van der Waals surface area contributed by atoms with E-state index in [0.717, 1.165) is 0 Å². The van der Waals surface area contributed by atoms with Crippen LogP contribution in [0.2, 0.25) is 10.0 Å². The predicted octanol–water partition coefficient (Wildman–Crippen LogP) is 2.12. The van der Waals surface area contributed by atoms with E-state index >= 15 is 0 Å². The lowest BCUT2D eigenvalue weighted by Gasteiger charge is -2.22. The summed E-state index contributed by atoms with van der Waals surface area (Å²) in [6.45, 7) is 0.341. The van der Waals surface area contributed by atoms with Gasteiger partial charge in [0.25, 0.3) is 0 Å². The number of hydrogen-bond donors (Lipinski definition) is 1. The second kappa shape index (κ2) is 5.99. The molecule has 0 saturated carbocycles. The Bertz CT molecular complexity index is 550. The number of aliphatic carboxylic acids is 1. The van der Waals surface area contributed by atoms with Crippen LogP contribution in [0.5, 0.6) is 0 Å². The Labute approximate surface area is 126 Å². The van der Waals surface area contributed by atoms with Crippen molar-refractivity contribution in [2.24, 2.45) is 0 Å². The van der Waals surface area contributed by atoms with E-state index in [1.54, 1.807) is 30.1 Å². The maximum Gasteiger partial charge on any atom is 0.317 e. The molecule has 1 heterocycles. The summed E-state index contributed by atoms with van der Waals surface area (Å²) in [5, 5.41) is 9.70. The van der Waals surface area contributed by atoms with Gasteiger partial charge in [-0.15, -0.1) is 0 Å². The number of likely N-dealkylation sites (N-methyl/N-ethyl adjacent to an activating group) is 1. The van der Waals surface area contributed by atoms with Crippen LogP contribution in [0.4, 0.5) is 5.69 Å². The van der Waals surface area contributed by atoms with Crippen molar-refractivity contribution in [1.29, 1.82) is 0 Å². The molecule has 1 saturated heterocycles. The zero-order valence-corrected chi connectivity index (χ0v) is 12.4. The van der Waals surface area contributed by atoms with Crippen LogP contribution in [0.25, 0.3) is 0 Å². The minimum Gasteiger partial charge on any atom is -0.480 e. The molecule has 1 amide bonds. The van der Waals surface area contributed by atoms with Crippen molar-refractivity contribution in [3.63, 3.8) is 0 Å². The molecule has 1 aliphatic rings. The summed E-state index contributed by atoms with van der Waals surface area (Å²) >= 11 is 11.9. The van der Waals surface area contributed by atoms with E-state index in [4.69, 9.17) is 28.3 Å². The van der Waals surface area contributed by atoms with Crippen molar-refractivity contribution in [3.8, 4) is 0 Å². The molecule has 1 fully saturated rings. The highest BCUT2D eigenvalue weighted by atomic mass is 35.5. The molecule has 20 heavy (non-hydrogen) atoms. The van der Waals surface area contributed by atoms with Crippen LogP contribution in [-0.4, -0.2) is 48.1 Å². The predicted molar refractivity (Wildman–Crippen MR) is 77.5 cm³/mol. The highest BCUT2D eigenvalue weighted by Gasteiger charge is 2.36. The quantitative estimate of drug-likeness (QED) is 0.924. The number of carbonyl (C=O) groups is 2. The summed E-state index contributed by atoms with van der Waals surface area (Å²) in [4.78, 5) is 26.2. The molecule has 0 radical (unpaired) electrons. The molecule has 5 nitrogen and oxygen atoms in total. The standard InChI is InChI=1S/C13H14Cl2N2O3/c1-16(7-12(18)19)11-4-5-17(13(11)20)10-3-2-8(14)6-9(10)15/h2-3,6,11H,4-5,7H2,1H3,(H,18,19). The molecule has 1 unspecified atom stereocenters. The summed E-state index contributed by atoms with van der Waals surface area (Å²) in [6.07, 6.45) is 0.571. The number of amides is 1. The van der Waals surface area contributed by atoms with Crippen molar-refractivity contribution >= 4 is 40.8 Å². The summed E-state index contributed by atoms with van der Waals surface area (Å²) in [5.41, 5.74) is 0.604. The van der Waals surface area contributed by atoms with Crippen LogP contribution in [-0.2, 0) is 9.59 Å². The van der Waals surface area contributed by atoms with E-state index in [2.05, 4.69) is 0 Å². The van der Waals surface area contributed by atoms with Crippen molar-refractivity contribution in [2.75, 3.05) is 25.0 Å². The van der Waals surface area contributed by atoms with Gasteiger partial charge in [0.2, 0.25) is 5.91 Å². The van der Waals surface area contributed by atoms with Gasteiger partial charge in [0.1, 0.15) is 0 Å². The molecule has 7 heteroatoms. The molecule has 0 aromatic heterocycles. The third-order valence-electron chi connectivity index (χ3n) is 3.29. The first-order chi connectivity index (χ1) is 9.40. The number of carboxylic acids is 1. The average Bonchev–Trinajstić information content (AvgIpc) is 2.70. The number of hydrogen-bond acceptors (Lipinski definition) is 3. The van der Waals surface area contributed by atoms with Gasteiger partial charge in [-0.25, -0.2) is 0 Å². The maximum atomic E-state index is 12.4. The van der Waals surface area contributed by atoms with Crippen molar-refractivity contribution in [1.82, 2.24) is 4.90 Å². The SMILES string of the molecule is CN(CC(=O)O)C1CCN(c2ccc(Cl)cc2Cl)C1=O. The molecule has 1 atom stereocenters. The minimum atomic E-state index is -0.955. The van der Waals surface area contributed by atoms with Gasteiger partial charge in [0.05, 0.1) is 23.3 Å². The number of rotatable bonds is 4. The van der Waals surface area contributed by atoms with Gasteiger partial charge in [-0.3, -0.25) is 14.5 Å². The van der Waals surface area contributed by atoms with Crippen molar-refractivity contribution in [2.45, 2.75) is 12.5 Å². The third-order valence-corrected chi connectivity index (χ3v) is 3.83. The molecule has 108 valence electrons. The number of benzene rings is 1. The fourth-order valence-electron chi connectivity index (χ4n) is 2.34. The second-order valence-corrected chi connectivity index (χ2v) is 5.54. The van der Waals surface area contributed by atoms with Gasteiger partial charge >= 0.3 is 5.97 Å². The molecular weight excluding hydrogens is 303 g/mol. The highest BCUT2D eigenvalue weighted by molar-refractivity contribution is 6.36. The number of anilines is 1. The second-order valence-electron chi connectivity index (χ2n) is 4.70. The fraction of sp³-hybridized carbons (Fsp3) is 0.385. The lowest BCUT2D eigenvalue weighted by Crippen LogP contribution is -2.42. The van der Waals surface area contributed by atoms with Crippen molar-refractivity contribution < 1.29 is 14.7 Å². The molecule has 2 rings (SSSR count). The molecule has 0 aliphatic carbocycles. The molecule has 1 aromatic carbocycles. The smallest absolute Gasteiger partial charge is 0.317 e. The number of nitrogens with zero attached hydrogens (tertiary/aromatic N) is 2. The Morgan fingerprint density at radius 1 is 1.50 bits per heavy atom. The maximum absolute atomic E-state index is 12.4. The zero-order valence-electron chi connectivity index (χ0n) is 10.8.